The monoisotopic (exact) mass is 1300 g/mol. The van der Waals surface area contributed by atoms with Crippen molar-refractivity contribution >= 4 is 39.4 Å². The third-order valence-corrected chi connectivity index (χ3v) is 15.3. The van der Waals surface area contributed by atoms with Crippen LogP contribution in [0.2, 0.25) is 0 Å². The van der Waals surface area contributed by atoms with Crippen molar-refractivity contribution in [3.8, 4) is 0 Å². The van der Waals surface area contributed by atoms with E-state index in [1.54, 1.807) is 48.5 Å². The zero-order valence-electron chi connectivity index (χ0n) is 45.1. The molecule has 0 heterocycles. The molecule has 0 radical (unpaired) electrons. The molecule has 2 N–H and O–H groups in total. The van der Waals surface area contributed by atoms with Crippen LogP contribution in [0.3, 0.4) is 0 Å². The number of hydrogen-bond donors (Lipinski definition) is 2. The minimum absolute atomic E-state index is 0. The summed E-state index contributed by atoms with van der Waals surface area (Å²) in [5, 5.41) is 7.29. The minimum atomic E-state index is -3.87. The molecule has 14 heteroatoms. The molecule has 0 aliphatic carbocycles. The molecule has 0 amide bonds. The fraction of sp³-hybridized carbons (Fsp3) is 0.219. The molecule has 0 aromatic heterocycles. The van der Waals surface area contributed by atoms with Gasteiger partial charge in [-0.3, -0.25) is 0 Å². The molecule has 4 atom stereocenters. The van der Waals surface area contributed by atoms with Gasteiger partial charge in [0, 0.05) is 21.9 Å². The molecular formula is C64H72Cl2N4O4Ru2S2+2. The third-order valence-electron chi connectivity index (χ3n) is 12.6. The Morgan fingerprint density at radius 2 is 0.705 bits per heavy atom. The van der Waals surface area contributed by atoms with E-state index in [0.717, 1.165) is 72.2 Å². The fourth-order valence-electron chi connectivity index (χ4n) is 8.64. The van der Waals surface area contributed by atoms with Gasteiger partial charge in [0.15, 0.2) is 0 Å². The summed E-state index contributed by atoms with van der Waals surface area (Å²) in [5.74, 6) is 0. The summed E-state index contributed by atoms with van der Waals surface area (Å²) in [6, 6.07) is 68.4. The molecule has 412 valence electrons. The molecule has 0 aliphatic heterocycles. The SMILES string of the molecule is Cc1ccc(CCCNC(c2ccccc2)[C@@H]([N-]S(=O)(=O)c2ccc(C)cc2)c2ccccc2)cc1.Cc1ccc(S(=O)(=O)[N-][C@@H](c2ccccc2)C(NCCCc2cccc(C)c2)c2ccccc2)cc1.[CH3-].[CH3-].[Cl][Ru+3].[Cl][Ru+3]. The van der Waals surface area contributed by atoms with E-state index in [-0.39, 0.29) is 36.7 Å². The molecule has 8 rings (SSSR count). The van der Waals surface area contributed by atoms with Crippen LogP contribution in [0, 0.1) is 42.5 Å². The van der Waals surface area contributed by atoms with Crippen molar-refractivity contribution in [2.45, 2.75) is 87.3 Å². The summed E-state index contributed by atoms with van der Waals surface area (Å²) in [6.07, 6.45) is 3.76. The molecule has 0 spiro atoms. The van der Waals surface area contributed by atoms with Crippen LogP contribution in [-0.4, -0.2) is 29.9 Å². The van der Waals surface area contributed by atoms with Crippen molar-refractivity contribution in [1.82, 2.24) is 10.6 Å². The molecule has 2 unspecified atom stereocenters. The maximum absolute atomic E-state index is 13.4. The second kappa shape index (κ2) is 35.8. The van der Waals surface area contributed by atoms with Crippen molar-refractivity contribution in [2.75, 3.05) is 13.1 Å². The number of halogens is 2. The van der Waals surface area contributed by atoms with Crippen molar-refractivity contribution < 1.29 is 51.5 Å². The van der Waals surface area contributed by atoms with Crippen LogP contribution in [0.1, 0.15) is 92.6 Å². The summed E-state index contributed by atoms with van der Waals surface area (Å²) in [5.41, 5.74) is 10.8. The number of nitrogens with one attached hydrogen (secondary N) is 2. The molecule has 0 fully saturated rings. The fourth-order valence-corrected chi connectivity index (χ4v) is 10.9. The molecule has 0 saturated carbocycles. The molecule has 0 aliphatic rings. The standard InChI is InChI=1S/2C31H33N2O2S.2CH3.2ClH.2Ru/c1-24-18-20-29(21-19-24)36(34,35)33-31(28-16-7-4-8-17-28)30(27-14-5-3-6-15-27)32-22-10-13-26-12-9-11-25(2)23-26;1-24-15-19-26(20-16-24)10-9-23-32-30(27-11-5-3-6-12-27)31(28-13-7-4-8-14-28)33-36(34,35)29-21-17-25(2)18-22-29;;;;;;/h3-9,11-12,14-21,23,30-32H,10,13,22H2,1-2H3;3-8,11-22,30-32H,9-10,23H2,1-2H3;2*1H3;2*1H;;/q4*-1;;;2*+4/p-2/t2*30?,31-;;;;;;/m00....../s1. The van der Waals surface area contributed by atoms with Crippen LogP contribution < -0.4 is 10.6 Å². The Hall–Kier alpha value is -4.67. The van der Waals surface area contributed by atoms with Crippen molar-refractivity contribution in [3.63, 3.8) is 0 Å². The molecular weight excluding hydrogens is 1230 g/mol. The van der Waals surface area contributed by atoms with Crippen LogP contribution in [0.4, 0.5) is 0 Å². The third kappa shape index (κ3) is 21.8. The molecule has 0 saturated heterocycles. The van der Waals surface area contributed by atoms with Gasteiger partial charge in [0.2, 0.25) is 0 Å². The average Bonchev–Trinajstić information content (AvgIpc) is 3.49. The quantitative estimate of drug-likeness (QED) is 0.0396. The van der Waals surface area contributed by atoms with E-state index in [1.807, 2.05) is 170 Å². The molecule has 8 aromatic rings. The van der Waals surface area contributed by atoms with Gasteiger partial charge < -0.3 is 34.9 Å². The number of sulfonamides is 2. The normalized spacial score (nSPS) is 12.4. The van der Waals surface area contributed by atoms with Gasteiger partial charge in [-0.2, -0.15) is 0 Å². The van der Waals surface area contributed by atoms with Gasteiger partial charge in [0.05, 0.1) is 0 Å². The Kier molecular flexibility index (Phi) is 31.1. The Balaban J connectivity index is 0.000000377. The first kappa shape index (κ1) is 67.6. The van der Waals surface area contributed by atoms with E-state index in [1.165, 1.54) is 22.3 Å². The van der Waals surface area contributed by atoms with Crippen molar-refractivity contribution in [2.24, 2.45) is 0 Å². The van der Waals surface area contributed by atoms with Gasteiger partial charge in [-0.15, -0.1) is 0 Å². The second-order valence-electron chi connectivity index (χ2n) is 18.4. The maximum atomic E-state index is 13.4. The predicted octanol–water partition coefficient (Wildman–Crippen LogP) is 16.4. The van der Waals surface area contributed by atoms with E-state index in [0.29, 0.717) is 0 Å². The Morgan fingerprint density at radius 1 is 0.385 bits per heavy atom. The first-order valence-electron chi connectivity index (χ1n) is 25.0. The molecule has 8 nitrogen and oxygen atoms in total. The average molecular weight is 1300 g/mol. The summed E-state index contributed by atoms with van der Waals surface area (Å²) < 4.78 is 62.7. The zero-order valence-corrected chi connectivity index (χ0v) is 51.8. The summed E-state index contributed by atoms with van der Waals surface area (Å²) in [7, 11) is 1.40. The van der Waals surface area contributed by atoms with Crippen LogP contribution in [0.5, 0.6) is 0 Å². The zero-order chi connectivity index (χ0) is 54.8. The van der Waals surface area contributed by atoms with Gasteiger partial charge in [-0.25, -0.2) is 16.8 Å². The van der Waals surface area contributed by atoms with E-state index >= 15 is 0 Å². The number of benzene rings is 8. The Labute approximate surface area is 496 Å². The van der Waals surface area contributed by atoms with Crippen molar-refractivity contribution in [3.05, 3.63) is 298 Å². The Bertz CT molecular complexity index is 3110. The number of hydrogen-bond acceptors (Lipinski definition) is 6. The first-order valence-corrected chi connectivity index (χ1v) is 32.3. The van der Waals surface area contributed by atoms with Gasteiger partial charge in [0.25, 0.3) is 0 Å². The number of nitrogens with zero attached hydrogens (tertiary/aromatic N) is 2. The second-order valence-corrected chi connectivity index (χ2v) is 21.6. The summed E-state index contributed by atoms with van der Waals surface area (Å²) in [6.45, 7) is 9.54. The molecule has 78 heavy (non-hydrogen) atoms. The van der Waals surface area contributed by atoms with E-state index in [4.69, 9.17) is 0 Å². The molecule has 8 aromatic carbocycles. The predicted molar refractivity (Wildman–Crippen MR) is 320 cm³/mol. The van der Waals surface area contributed by atoms with E-state index < -0.39 is 32.1 Å². The number of aryl methyl sites for hydroxylation is 6. The summed E-state index contributed by atoms with van der Waals surface area (Å²) in [4.78, 5) is 0.417. The molecule has 0 bridgehead atoms. The van der Waals surface area contributed by atoms with Crippen molar-refractivity contribution in [1.29, 1.82) is 0 Å². The van der Waals surface area contributed by atoms with Gasteiger partial charge >= 0.3 is 54.0 Å². The topological polar surface area (TPSA) is 121 Å². The Morgan fingerprint density at radius 3 is 1.05 bits per heavy atom. The van der Waals surface area contributed by atoms with E-state index in [9.17, 15) is 16.8 Å². The first-order chi connectivity index (χ1) is 36.8. The van der Waals surface area contributed by atoms with Crippen LogP contribution in [-0.2, 0) is 67.5 Å². The van der Waals surface area contributed by atoms with E-state index in [2.05, 4.69) is 102 Å². The van der Waals surface area contributed by atoms with Gasteiger partial charge in [-0.05, 0) is 113 Å². The van der Waals surface area contributed by atoms with Gasteiger partial charge in [0.1, 0.15) is 20.0 Å². The number of rotatable bonds is 22. The van der Waals surface area contributed by atoms with Crippen LogP contribution in [0.15, 0.2) is 228 Å². The van der Waals surface area contributed by atoms with Crippen LogP contribution in [0.25, 0.3) is 9.44 Å². The van der Waals surface area contributed by atoms with Gasteiger partial charge in [-0.1, -0.05) is 240 Å². The van der Waals surface area contributed by atoms with Crippen LogP contribution >= 0.6 is 19.4 Å². The summed E-state index contributed by atoms with van der Waals surface area (Å²) >= 11 is 3.64.